The quantitative estimate of drug-likeness (QED) is 0.732. The van der Waals surface area contributed by atoms with E-state index in [1.54, 1.807) is 0 Å². The van der Waals surface area contributed by atoms with Gasteiger partial charge < -0.3 is 5.32 Å². The number of rotatable bonds is 4. The Bertz CT molecular complexity index is 698. The molecule has 0 atom stereocenters. The van der Waals surface area contributed by atoms with Gasteiger partial charge in [-0.2, -0.15) is 0 Å². The number of hydrogen-bond donors (Lipinski definition) is 1. The maximum atomic E-state index is 3.50. The first-order valence-electron chi connectivity index (χ1n) is 7.05. The molecule has 0 bridgehead atoms. The van der Waals surface area contributed by atoms with Crippen molar-refractivity contribution in [2.24, 2.45) is 0 Å². The third-order valence-corrected chi connectivity index (χ3v) is 3.59. The Morgan fingerprint density at radius 3 is 2.15 bits per heavy atom. The molecule has 0 aromatic heterocycles. The first kappa shape index (κ1) is 12.9. The summed E-state index contributed by atoms with van der Waals surface area (Å²) in [6.07, 6.45) is 0. The normalized spacial score (nSPS) is 10.8. The largest absolute Gasteiger partial charge is 0.309 e. The lowest BCUT2D eigenvalue weighted by atomic mass is 10.1. The highest BCUT2D eigenvalue weighted by Crippen LogP contribution is 2.15. The fraction of sp³-hybridized carbons (Fsp3) is 0.158. The second kappa shape index (κ2) is 5.89. The molecule has 3 rings (SSSR count). The Balaban J connectivity index is 1.63. The van der Waals surface area contributed by atoms with Crippen molar-refractivity contribution in [1.82, 2.24) is 5.32 Å². The zero-order valence-electron chi connectivity index (χ0n) is 11.8. The van der Waals surface area contributed by atoms with Crippen molar-refractivity contribution in [2.45, 2.75) is 20.0 Å². The van der Waals surface area contributed by atoms with Gasteiger partial charge in [0.2, 0.25) is 0 Å². The molecule has 1 nitrogen and oxygen atoms in total. The van der Waals surface area contributed by atoms with Gasteiger partial charge in [-0.15, -0.1) is 0 Å². The molecular weight excluding hydrogens is 242 g/mol. The van der Waals surface area contributed by atoms with Crippen LogP contribution in [0.5, 0.6) is 0 Å². The SMILES string of the molecule is Cc1ccc(CNCc2ccc3ccccc3c2)cc1. The lowest BCUT2D eigenvalue weighted by molar-refractivity contribution is 0.694. The molecule has 0 saturated carbocycles. The molecule has 3 aromatic carbocycles. The van der Waals surface area contributed by atoms with E-state index in [4.69, 9.17) is 0 Å². The smallest absolute Gasteiger partial charge is 0.0208 e. The van der Waals surface area contributed by atoms with Crippen LogP contribution >= 0.6 is 0 Å². The molecule has 0 aliphatic carbocycles. The van der Waals surface area contributed by atoms with Crippen LogP contribution in [0, 0.1) is 6.92 Å². The van der Waals surface area contributed by atoms with E-state index in [2.05, 4.69) is 79.0 Å². The summed E-state index contributed by atoms with van der Waals surface area (Å²) in [6.45, 7) is 3.93. The third kappa shape index (κ3) is 3.06. The highest BCUT2D eigenvalue weighted by atomic mass is 14.8. The molecule has 3 aromatic rings. The van der Waals surface area contributed by atoms with Crippen LogP contribution in [-0.4, -0.2) is 0 Å². The third-order valence-electron chi connectivity index (χ3n) is 3.59. The minimum atomic E-state index is 0.901. The Labute approximate surface area is 120 Å². The van der Waals surface area contributed by atoms with Crippen molar-refractivity contribution in [3.05, 3.63) is 83.4 Å². The lowest BCUT2D eigenvalue weighted by Crippen LogP contribution is -2.12. The fourth-order valence-electron chi connectivity index (χ4n) is 2.41. The Morgan fingerprint density at radius 2 is 1.35 bits per heavy atom. The molecule has 0 heterocycles. The maximum Gasteiger partial charge on any atom is 0.0208 e. The molecule has 0 aliphatic heterocycles. The van der Waals surface area contributed by atoms with Crippen LogP contribution in [0.3, 0.4) is 0 Å². The summed E-state index contributed by atoms with van der Waals surface area (Å²) in [6, 6.07) is 23.8. The molecule has 0 radical (unpaired) electrons. The molecular formula is C19H19N. The zero-order valence-corrected chi connectivity index (χ0v) is 11.8. The molecule has 0 spiro atoms. The van der Waals surface area contributed by atoms with Gasteiger partial charge >= 0.3 is 0 Å². The Kier molecular flexibility index (Phi) is 3.80. The van der Waals surface area contributed by atoms with Gasteiger partial charge in [0.1, 0.15) is 0 Å². The van der Waals surface area contributed by atoms with Gasteiger partial charge in [0.05, 0.1) is 0 Å². The summed E-state index contributed by atoms with van der Waals surface area (Å²) >= 11 is 0. The van der Waals surface area contributed by atoms with Crippen molar-refractivity contribution in [3.8, 4) is 0 Å². The van der Waals surface area contributed by atoms with Crippen molar-refractivity contribution >= 4 is 10.8 Å². The van der Waals surface area contributed by atoms with E-state index in [1.165, 1.54) is 27.5 Å². The van der Waals surface area contributed by atoms with E-state index in [-0.39, 0.29) is 0 Å². The highest BCUT2D eigenvalue weighted by molar-refractivity contribution is 5.82. The molecule has 0 saturated heterocycles. The first-order chi connectivity index (χ1) is 9.81. The molecule has 1 heteroatoms. The minimum Gasteiger partial charge on any atom is -0.309 e. The molecule has 0 fully saturated rings. The predicted molar refractivity (Wildman–Crippen MR) is 85.7 cm³/mol. The summed E-state index contributed by atoms with van der Waals surface area (Å²) < 4.78 is 0. The van der Waals surface area contributed by atoms with E-state index in [0.717, 1.165) is 13.1 Å². The standard InChI is InChI=1S/C19H19N/c1-15-6-8-16(9-7-15)13-20-14-17-10-11-18-4-2-3-5-19(18)12-17/h2-12,20H,13-14H2,1H3. The van der Waals surface area contributed by atoms with Crippen LogP contribution in [0.15, 0.2) is 66.7 Å². The first-order valence-corrected chi connectivity index (χ1v) is 7.05. The van der Waals surface area contributed by atoms with E-state index in [1.807, 2.05) is 0 Å². The molecule has 100 valence electrons. The van der Waals surface area contributed by atoms with Gasteiger partial charge in [-0.1, -0.05) is 66.2 Å². The van der Waals surface area contributed by atoms with Crippen molar-refractivity contribution in [2.75, 3.05) is 0 Å². The maximum absolute atomic E-state index is 3.50. The van der Waals surface area contributed by atoms with Gasteiger partial charge in [0, 0.05) is 13.1 Å². The van der Waals surface area contributed by atoms with Gasteiger partial charge in [0.25, 0.3) is 0 Å². The van der Waals surface area contributed by atoms with Crippen LogP contribution in [0.1, 0.15) is 16.7 Å². The van der Waals surface area contributed by atoms with Crippen molar-refractivity contribution in [1.29, 1.82) is 0 Å². The number of benzene rings is 3. The number of fused-ring (bicyclic) bond motifs is 1. The molecule has 20 heavy (non-hydrogen) atoms. The number of hydrogen-bond acceptors (Lipinski definition) is 1. The van der Waals surface area contributed by atoms with Gasteiger partial charge in [-0.3, -0.25) is 0 Å². The van der Waals surface area contributed by atoms with Crippen molar-refractivity contribution < 1.29 is 0 Å². The van der Waals surface area contributed by atoms with Crippen LogP contribution in [-0.2, 0) is 13.1 Å². The molecule has 0 aliphatic rings. The zero-order chi connectivity index (χ0) is 13.8. The van der Waals surface area contributed by atoms with Gasteiger partial charge in [0.15, 0.2) is 0 Å². The monoisotopic (exact) mass is 261 g/mol. The number of aryl methyl sites for hydroxylation is 1. The summed E-state index contributed by atoms with van der Waals surface area (Å²) in [7, 11) is 0. The number of nitrogens with one attached hydrogen (secondary N) is 1. The fourth-order valence-corrected chi connectivity index (χ4v) is 2.41. The summed E-state index contributed by atoms with van der Waals surface area (Å²) in [5.41, 5.74) is 3.97. The highest BCUT2D eigenvalue weighted by Gasteiger charge is 1.97. The van der Waals surface area contributed by atoms with E-state index < -0.39 is 0 Å². The predicted octanol–water partition coefficient (Wildman–Crippen LogP) is 4.44. The van der Waals surface area contributed by atoms with E-state index >= 15 is 0 Å². The Hall–Kier alpha value is -2.12. The van der Waals surface area contributed by atoms with Crippen LogP contribution in [0.2, 0.25) is 0 Å². The van der Waals surface area contributed by atoms with E-state index in [0.29, 0.717) is 0 Å². The second-order valence-corrected chi connectivity index (χ2v) is 5.27. The van der Waals surface area contributed by atoms with Crippen LogP contribution in [0.4, 0.5) is 0 Å². The molecule has 1 N–H and O–H groups in total. The van der Waals surface area contributed by atoms with E-state index in [9.17, 15) is 0 Å². The van der Waals surface area contributed by atoms with Crippen molar-refractivity contribution in [3.63, 3.8) is 0 Å². The summed E-state index contributed by atoms with van der Waals surface area (Å²) in [5.74, 6) is 0. The van der Waals surface area contributed by atoms with Gasteiger partial charge in [-0.25, -0.2) is 0 Å². The topological polar surface area (TPSA) is 12.0 Å². The molecule has 0 amide bonds. The Morgan fingerprint density at radius 1 is 0.700 bits per heavy atom. The minimum absolute atomic E-state index is 0.901. The lowest BCUT2D eigenvalue weighted by Gasteiger charge is -2.07. The summed E-state index contributed by atoms with van der Waals surface area (Å²) in [5, 5.41) is 6.11. The van der Waals surface area contributed by atoms with Gasteiger partial charge in [-0.05, 0) is 34.9 Å². The average Bonchev–Trinajstić information content (AvgIpc) is 2.49. The summed E-state index contributed by atoms with van der Waals surface area (Å²) in [4.78, 5) is 0. The van der Waals surface area contributed by atoms with Crippen LogP contribution in [0.25, 0.3) is 10.8 Å². The van der Waals surface area contributed by atoms with Crippen LogP contribution < -0.4 is 5.32 Å². The average molecular weight is 261 g/mol. The second-order valence-electron chi connectivity index (χ2n) is 5.27. The molecule has 0 unspecified atom stereocenters.